The predicted molar refractivity (Wildman–Crippen MR) is 63.7 cm³/mol. The van der Waals surface area contributed by atoms with Gasteiger partial charge in [0.2, 0.25) is 5.91 Å². The number of hydrogen-bond acceptors (Lipinski definition) is 3. The smallest absolute Gasteiger partial charge is 0.227 e. The molecule has 0 bridgehead atoms. The third-order valence-corrected chi connectivity index (χ3v) is 3.42. The van der Waals surface area contributed by atoms with Crippen LogP contribution in [0.3, 0.4) is 0 Å². The van der Waals surface area contributed by atoms with Crippen LogP contribution in [0.4, 0.5) is 0 Å². The van der Waals surface area contributed by atoms with Crippen molar-refractivity contribution in [3.05, 3.63) is 12.2 Å². The van der Waals surface area contributed by atoms with Gasteiger partial charge in [-0.25, -0.2) is 0 Å². The standard InChI is InChI=1S/C12H22N2O2/c1-11(2,12(3,4)16)14-10(15)8-5-6-9(13)7-8/h5-6,8-9,16H,7,13H2,1-4H3,(H,14,15). The van der Waals surface area contributed by atoms with Crippen LogP contribution in [0, 0.1) is 5.92 Å². The number of rotatable bonds is 3. The van der Waals surface area contributed by atoms with Gasteiger partial charge in [-0.1, -0.05) is 12.2 Å². The molecule has 0 spiro atoms. The second-order valence-corrected chi connectivity index (χ2v) is 5.56. The topological polar surface area (TPSA) is 75.3 Å². The van der Waals surface area contributed by atoms with Gasteiger partial charge in [-0.2, -0.15) is 0 Å². The Morgan fingerprint density at radius 1 is 1.38 bits per heavy atom. The van der Waals surface area contributed by atoms with E-state index in [0.29, 0.717) is 6.42 Å². The van der Waals surface area contributed by atoms with Crippen LogP contribution in [0.5, 0.6) is 0 Å². The Morgan fingerprint density at radius 2 is 1.94 bits per heavy atom. The van der Waals surface area contributed by atoms with Crippen LogP contribution in [0.15, 0.2) is 12.2 Å². The summed E-state index contributed by atoms with van der Waals surface area (Å²) in [6.07, 6.45) is 4.33. The van der Waals surface area contributed by atoms with Crippen LogP contribution in [0.25, 0.3) is 0 Å². The predicted octanol–water partition coefficient (Wildman–Crippen LogP) is 0.555. The third-order valence-electron chi connectivity index (χ3n) is 3.42. The van der Waals surface area contributed by atoms with Gasteiger partial charge in [0.05, 0.1) is 17.1 Å². The van der Waals surface area contributed by atoms with Crippen molar-refractivity contribution >= 4 is 5.91 Å². The first kappa shape index (κ1) is 13.2. The van der Waals surface area contributed by atoms with Crippen molar-refractivity contribution in [1.82, 2.24) is 5.32 Å². The van der Waals surface area contributed by atoms with Gasteiger partial charge in [-0.15, -0.1) is 0 Å². The largest absolute Gasteiger partial charge is 0.388 e. The fourth-order valence-corrected chi connectivity index (χ4v) is 1.48. The van der Waals surface area contributed by atoms with Crippen molar-refractivity contribution in [1.29, 1.82) is 0 Å². The van der Waals surface area contributed by atoms with E-state index in [1.807, 2.05) is 26.0 Å². The number of amides is 1. The average molecular weight is 226 g/mol. The summed E-state index contributed by atoms with van der Waals surface area (Å²) in [4.78, 5) is 11.9. The number of aliphatic hydroxyl groups is 1. The second kappa shape index (κ2) is 4.18. The van der Waals surface area contributed by atoms with Gasteiger partial charge in [-0.05, 0) is 34.1 Å². The Kier molecular flexibility index (Phi) is 3.45. The Balaban J connectivity index is 2.62. The molecule has 16 heavy (non-hydrogen) atoms. The molecule has 92 valence electrons. The van der Waals surface area contributed by atoms with Crippen LogP contribution in [0.2, 0.25) is 0 Å². The summed E-state index contributed by atoms with van der Waals surface area (Å²) in [5.41, 5.74) is 4.07. The molecular formula is C12H22N2O2. The summed E-state index contributed by atoms with van der Waals surface area (Å²) in [5.74, 6) is -0.243. The van der Waals surface area contributed by atoms with E-state index in [9.17, 15) is 9.90 Å². The van der Waals surface area contributed by atoms with Gasteiger partial charge in [0.15, 0.2) is 0 Å². The molecule has 2 atom stereocenters. The van der Waals surface area contributed by atoms with Crippen LogP contribution in [-0.2, 0) is 4.79 Å². The summed E-state index contributed by atoms with van der Waals surface area (Å²) < 4.78 is 0. The van der Waals surface area contributed by atoms with Crippen molar-refractivity contribution in [2.75, 3.05) is 0 Å². The summed E-state index contributed by atoms with van der Waals surface area (Å²) in [7, 11) is 0. The van der Waals surface area contributed by atoms with Crippen molar-refractivity contribution in [2.45, 2.75) is 51.3 Å². The zero-order chi connectivity index (χ0) is 12.6. The number of hydrogen-bond donors (Lipinski definition) is 3. The van der Waals surface area contributed by atoms with Gasteiger partial charge in [0.25, 0.3) is 0 Å². The van der Waals surface area contributed by atoms with Crippen LogP contribution < -0.4 is 11.1 Å². The van der Waals surface area contributed by atoms with Gasteiger partial charge in [-0.3, -0.25) is 4.79 Å². The molecular weight excluding hydrogens is 204 g/mol. The molecule has 1 aliphatic carbocycles. The minimum Gasteiger partial charge on any atom is -0.388 e. The van der Waals surface area contributed by atoms with Crippen LogP contribution in [0.1, 0.15) is 34.1 Å². The number of nitrogens with one attached hydrogen (secondary N) is 1. The van der Waals surface area contributed by atoms with E-state index in [1.165, 1.54) is 0 Å². The normalized spacial score (nSPS) is 25.9. The minimum atomic E-state index is -0.965. The summed E-state index contributed by atoms with van der Waals surface area (Å²) in [6.45, 7) is 6.99. The summed E-state index contributed by atoms with van der Waals surface area (Å²) >= 11 is 0. The maximum absolute atomic E-state index is 11.9. The maximum Gasteiger partial charge on any atom is 0.227 e. The maximum atomic E-state index is 11.9. The highest BCUT2D eigenvalue weighted by atomic mass is 16.3. The number of carbonyl (C=O) groups excluding carboxylic acids is 1. The van der Waals surface area contributed by atoms with Gasteiger partial charge >= 0.3 is 0 Å². The van der Waals surface area contributed by atoms with E-state index in [-0.39, 0.29) is 17.9 Å². The van der Waals surface area contributed by atoms with Crippen LogP contribution in [-0.4, -0.2) is 28.2 Å². The summed E-state index contributed by atoms with van der Waals surface area (Å²) in [6, 6.07) is -0.0269. The monoisotopic (exact) mass is 226 g/mol. The fourth-order valence-electron chi connectivity index (χ4n) is 1.48. The van der Waals surface area contributed by atoms with Crippen molar-refractivity contribution < 1.29 is 9.90 Å². The van der Waals surface area contributed by atoms with Crippen molar-refractivity contribution in [3.63, 3.8) is 0 Å². The lowest BCUT2D eigenvalue weighted by Gasteiger charge is -2.38. The molecule has 1 rings (SSSR count). The van der Waals surface area contributed by atoms with Crippen molar-refractivity contribution in [2.24, 2.45) is 11.7 Å². The molecule has 0 fully saturated rings. The Labute approximate surface area is 96.9 Å². The molecule has 0 aromatic heterocycles. The highest BCUT2D eigenvalue weighted by Gasteiger charge is 2.38. The van der Waals surface area contributed by atoms with Crippen LogP contribution >= 0.6 is 0 Å². The zero-order valence-corrected chi connectivity index (χ0v) is 10.4. The third kappa shape index (κ3) is 2.83. The molecule has 1 aliphatic rings. The van der Waals surface area contributed by atoms with Gasteiger partial charge < -0.3 is 16.2 Å². The molecule has 1 amide bonds. The number of carbonyl (C=O) groups is 1. The minimum absolute atomic E-state index is 0.0269. The first-order valence-electron chi connectivity index (χ1n) is 5.62. The molecule has 0 aromatic carbocycles. The molecule has 0 aliphatic heterocycles. The summed E-state index contributed by atoms with van der Waals surface area (Å²) in [5, 5.41) is 12.8. The molecule has 4 heteroatoms. The first-order valence-corrected chi connectivity index (χ1v) is 5.62. The average Bonchev–Trinajstić information content (AvgIpc) is 2.48. The van der Waals surface area contributed by atoms with Crippen molar-refractivity contribution in [3.8, 4) is 0 Å². The fraction of sp³-hybridized carbons (Fsp3) is 0.750. The lowest BCUT2D eigenvalue weighted by atomic mass is 9.85. The Bertz CT molecular complexity index is 303. The van der Waals surface area contributed by atoms with E-state index in [0.717, 1.165) is 0 Å². The Hall–Kier alpha value is -0.870. The van der Waals surface area contributed by atoms with E-state index >= 15 is 0 Å². The van der Waals surface area contributed by atoms with E-state index < -0.39 is 11.1 Å². The van der Waals surface area contributed by atoms with E-state index in [2.05, 4.69) is 5.32 Å². The zero-order valence-electron chi connectivity index (χ0n) is 10.4. The second-order valence-electron chi connectivity index (χ2n) is 5.56. The van der Waals surface area contributed by atoms with Gasteiger partial charge in [0, 0.05) is 6.04 Å². The molecule has 4 N–H and O–H groups in total. The highest BCUT2D eigenvalue weighted by molar-refractivity contribution is 5.81. The molecule has 0 aromatic rings. The molecule has 0 saturated heterocycles. The van der Waals surface area contributed by atoms with E-state index in [1.54, 1.807) is 13.8 Å². The molecule has 2 unspecified atom stereocenters. The molecule has 0 saturated carbocycles. The lowest BCUT2D eigenvalue weighted by Crippen LogP contribution is -2.58. The Morgan fingerprint density at radius 3 is 2.31 bits per heavy atom. The number of nitrogens with two attached hydrogens (primary N) is 1. The molecule has 4 nitrogen and oxygen atoms in total. The lowest BCUT2D eigenvalue weighted by molar-refractivity contribution is -0.128. The van der Waals surface area contributed by atoms with Gasteiger partial charge in [0.1, 0.15) is 0 Å². The highest BCUT2D eigenvalue weighted by Crippen LogP contribution is 2.23. The molecule has 0 radical (unpaired) electrons. The SMILES string of the molecule is CC(C)(O)C(C)(C)NC(=O)C1C=CC(N)C1. The quantitative estimate of drug-likeness (QED) is 0.615. The van der Waals surface area contributed by atoms with E-state index in [4.69, 9.17) is 5.73 Å². The first-order chi connectivity index (χ1) is 7.13. The molecule has 0 heterocycles.